The van der Waals surface area contributed by atoms with Crippen LogP contribution in [0.3, 0.4) is 0 Å². The summed E-state index contributed by atoms with van der Waals surface area (Å²) in [7, 11) is 1.49. The summed E-state index contributed by atoms with van der Waals surface area (Å²) in [5.41, 5.74) is 7.04. The van der Waals surface area contributed by atoms with Gasteiger partial charge in [0.05, 0.1) is 6.21 Å². The summed E-state index contributed by atoms with van der Waals surface area (Å²) in [5.74, 6) is 0. The van der Waals surface area contributed by atoms with E-state index >= 15 is 0 Å². The molecule has 5 heteroatoms. The molecule has 3 N–H and O–H groups in total. The van der Waals surface area contributed by atoms with Gasteiger partial charge in [-0.3, -0.25) is 0 Å². The van der Waals surface area contributed by atoms with Crippen LogP contribution in [0.5, 0.6) is 0 Å². The molecule has 0 bridgehead atoms. The molecule has 0 heterocycles. The van der Waals surface area contributed by atoms with Crippen LogP contribution in [-0.4, -0.2) is 18.4 Å². The van der Waals surface area contributed by atoms with Crippen LogP contribution in [0.1, 0.15) is 5.56 Å². The summed E-state index contributed by atoms with van der Waals surface area (Å²) >= 11 is 4.74. The van der Waals surface area contributed by atoms with Crippen molar-refractivity contribution in [3.05, 3.63) is 29.8 Å². The van der Waals surface area contributed by atoms with Gasteiger partial charge < -0.3 is 15.9 Å². The SMILES string of the molecule is CON=Cc1ccccc1NC(N)=S. The van der Waals surface area contributed by atoms with E-state index in [4.69, 9.17) is 18.0 Å². The van der Waals surface area contributed by atoms with Crippen LogP contribution in [0.15, 0.2) is 29.4 Å². The third kappa shape index (κ3) is 3.02. The zero-order valence-electron chi connectivity index (χ0n) is 7.73. The van der Waals surface area contributed by atoms with Crippen molar-refractivity contribution in [2.24, 2.45) is 10.9 Å². The van der Waals surface area contributed by atoms with Crippen LogP contribution in [-0.2, 0) is 4.84 Å². The summed E-state index contributed by atoms with van der Waals surface area (Å²) in [5, 5.41) is 6.73. The zero-order valence-corrected chi connectivity index (χ0v) is 8.54. The molecule has 0 amide bonds. The molecule has 14 heavy (non-hydrogen) atoms. The molecule has 0 saturated heterocycles. The van der Waals surface area contributed by atoms with Gasteiger partial charge in [0.2, 0.25) is 0 Å². The highest BCUT2D eigenvalue weighted by Crippen LogP contribution is 2.12. The van der Waals surface area contributed by atoms with E-state index in [1.54, 1.807) is 6.21 Å². The number of nitrogens with one attached hydrogen (secondary N) is 1. The van der Waals surface area contributed by atoms with E-state index in [2.05, 4.69) is 15.3 Å². The van der Waals surface area contributed by atoms with Gasteiger partial charge in [0.15, 0.2) is 5.11 Å². The first kappa shape index (κ1) is 10.5. The molecule has 0 spiro atoms. The van der Waals surface area contributed by atoms with E-state index in [0.717, 1.165) is 11.3 Å². The van der Waals surface area contributed by atoms with E-state index in [1.807, 2.05) is 24.3 Å². The maximum Gasteiger partial charge on any atom is 0.168 e. The van der Waals surface area contributed by atoms with Crippen molar-refractivity contribution >= 4 is 29.2 Å². The molecule has 0 unspecified atom stereocenters. The summed E-state index contributed by atoms with van der Waals surface area (Å²) in [6.07, 6.45) is 1.58. The maximum absolute atomic E-state index is 5.37. The summed E-state index contributed by atoms with van der Waals surface area (Å²) in [4.78, 5) is 4.58. The smallest absolute Gasteiger partial charge is 0.168 e. The topological polar surface area (TPSA) is 59.6 Å². The molecule has 1 rings (SSSR count). The minimum atomic E-state index is 0.225. The normalized spacial score (nSPS) is 10.1. The van der Waals surface area contributed by atoms with Crippen LogP contribution >= 0.6 is 12.2 Å². The van der Waals surface area contributed by atoms with Gasteiger partial charge in [-0.2, -0.15) is 0 Å². The standard InChI is InChI=1S/C9H11N3OS/c1-13-11-6-7-4-2-3-5-8(7)12-9(10)14/h2-6H,1H3,(H3,10,12,14). The van der Waals surface area contributed by atoms with E-state index in [1.165, 1.54) is 7.11 Å². The van der Waals surface area contributed by atoms with Crippen molar-refractivity contribution in [2.45, 2.75) is 0 Å². The first-order valence-electron chi connectivity index (χ1n) is 3.96. The van der Waals surface area contributed by atoms with Crippen molar-refractivity contribution in [3.63, 3.8) is 0 Å². The average molecular weight is 209 g/mol. The fourth-order valence-corrected chi connectivity index (χ4v) is 1.08. The van der Waals surface area contributed by atoms with Crippen LogP contribution in [0.4, 0.5) is 5.69 Å². The third-order valence-corrected chi connectivity index (χ3v) is 1.62. The number of hydrogen-bond acceptors (Lipinski definition) is 3. The molecule has 0 fully saturated rings. The Morgan fingerprint density at radius 2 is 2.29 bits per heavy atom. The summed E-state index contributed by atoms with van der Waals surface area (Å²) in [6.45, 7) is 0. The summed E-state index contributed by atoms with van der Waals surface area (Å²) in [6, 6.07) is 7.51. The Morgan fingerprint density at radius 3 is 2.93 bits per heavy atom. The van der Waals surface area contributed by atoms with Gasteiger partial charge in [-0.1, -0.05) is 23.4 Å². The van der Waals surface area contributed by atoms with E-state index in [-0.39, 0.29) is 5.11 Å². The molecule has 0 atom stereocenters. The molecule has 74 valence electrons. The molecule has 1 aromatic rings. The van der Waals surface area contributed by atoms with Gasteiger partial charge in [-0.15, -0.1) is 0 Å². The van der Waals surface area contributed by atoms with E-state index in [9.17, 15) is 0 Å². The molecule has 0 aliphatic carbocycles. The van der Waals surface area contributed by atoms with Crippen LogP contribution < -0.4 is 11.1 Å². The fourth-order valence-electron chi connectivity index (χ4n) is 0.966. The zero-order chi connectivity index (χ0) is 10.4. The van der Waals surface area contributed by atoms with Crippen LogP contribution in [0.2, 0.25) is 0 Å². The van der Waals surface area contributed by atoms with Crippen LogP contribution in [0, 0.1) is 0 Å². The highest BCUT2D eigenvalue weighted by molar-refractivity contribution is 7.80. The average Bonchev–Trinajstić information content (AvgIpc) is 2.16. The number of benzene rings is 1. The second kappa shape index (κ2) is 5.18. The lowest BCUT2D eigenvalue weighted by Crippen LogP contribution is -2.19. The largest absolute Gasteiger partial charge is 0.399 e. The third-order valence-electron chi connectivity index (χ3n) is 1.52. The van der Waals surface area contributed by atoms with Gasteiger partial charge >= 0.3 is 0 Å². The first-order valence-corrected chi connectivity index (χ1v) is 4.37. The van der Waals surface area contributed by atoms with Gasteiger partial charge in [-0.05, 0) is 18.3 Å². The lowest BCUT2D eigenvalue weighted by Gasteiger charge is -2.06. The second-order valence-electron chi connectivity index (χ2n) is 2.49. The van der Waals surface area contributed by atoms with Gasteiger partial charge in [-0.25, -0.2) is 0 Å². The first-order chi connectivity index (χ1) is 6.74. The number of para-hydroxylation sites is 1. The molecule has 0 saturated carbocycles. The minimum Gasteiger partial charge on any atom is -0.399 e. The molecule has 0 radical (unpaired) electrons. The Labute approximate surface area is 87.7 Å². The quantitative estimate of drug-likeness (QED) is 0.448. The van der Waals surface area contributed by atoms with E-state index < -0.39 is 0 Å². The molecular weight excluding hydrogens is 198 g/mol. The predicted octanol–water partition coefficient (Wildman–Crippen LogP) is 1.32. The second-order valence-corrected chi connectivity index (χ2v) is 2.93. The van der Waals surface area contributed by atoms with Crippen molar-refractivity contribution in [2.75, 3.05) is 12.4 Å². The van der Waals surface area contributed by atoms with Gasteiger partial charge in [0, 0.05) is 11.3 Å². The highest BCUT2D eigenvalue weighted by atomic mass is 32.1. The number of rotatable bonds is 3. The Hall–Kier alpha value is -1.62. The van der Waals surface area contributed by atoms with Crippen molar-refractivity contribution in [1.82, 2.24) is 0 Å². The molecule has 0 aliphatic rings. The number of anilines is 1. The predicted molar refractivity (Wildman–Crippen MR) is 61.5 cm³/mol. The van der Waals surface area contributed by atoms with Crippen molar-refractivity contribution in [3.8, 4) is 0 Å². The fraction of sp³-hybridized carbons (Fsp3) is 0.111. The lowest BCUT2D eigenvalue weighted by molar-refractivity contribution is 0.215. The molecule has 0 aliphatic heterocycles. The van der Waals surface area contributed by atoms with Crippen molar-refractivity contribution in [1.29, 1.82) is 0 Å². The molecule has 0 aromatic heterocycles. The summed E-state index contributed by atoms with van der Waals surface area (Å²) < 4.78 is 0. The molecular formula is C9H11N3OS. The highest BCUT2D eigenvalue weighted by Gasteiger charge is 1.98. The molecule has 1 aromatic carbocycles. The Balaban J connectivity index is 2.90. The van der Waals surface area contributed by atoms with Gasteiger partial charge in [0.25, 0.3) is 0 Å². The number of nitrogens with zero attached hydrogens (tertiary/aromatic N) is 1. The van der Waals surface area contributed by atoms with E-state index in [0.29, 0.717) is 0 Å². The van der Waals surface area contributed by atoms with Crippen molar-refractivity contribution < 1.29 is 4.84 Å². The molecule has 4 nitrogen and oxygen atoms in total. The number of hydrogen-bond donors (Lipinski definition) is 2. The number of thiocarbonyl (C=S) groups is 1. The number of nitrogens with two attached hydrogens (primary N) is 1. The Bertz CT molecular complexity index is 352. The monoisotopic (exact) mass is 209 g/mol. The van der Waals surface area contributed by atoms with Gasteiger partial charge in [0.1, 0.15) is 7.11 Å². The minimum absolute atomic E-state index is 0.225. The Kier molecular flexibility index (Phi) is 3.87. The Morgan fingerprint density at radius 1 is 1.57 bits per heavy atom. The van der Waals surface area contributed by atoms with Crippen LogP contribution in [0.25, 0.3) is 0 Å². The maximum atomic E-state index is 5.37. The lowest BCUT2D eigenvalue weighted by atomic mass is 10.2. The number of oxime groups is 1.